The molecular formula is C21H23NO2PS+. The van der Waals surface area contributed by atoms with Crippen LogP contribution in [0.3, 0.4) is 0 Å². The molecule has 0 aliphatic heterocycles. The van der Waals surface area contributed by atoms with E-state index in [0.29, 0.717) is 6.54 Å². The summed E-state index contributed by atoms with van der Waals surface area (Å²) in [5.74, 6) is 0. The molecule has 0 fully saturated rings. The summed E-state index contributed by atoms with van der Waals surface area (Å²) in [7, 11) is -5.19. The first-order chi connectivity index (χ1) is 12.5. The molecule has 0 bridgehead atoms. The van der Waals surface area contributed by atoms with Crippen molar-refractivity contribution in [2.75, 3.05) is 19.0 Å². The van der Waals surface area contributed by atoms with Crippen molar-refractivity contribution in [3.05, 3.63) is 91.0 Å². The van der Waals surface area contributed by atoms with Gasteiger partial charge in [-0.1, -0.05) is 54.6 Å². The van der Waals surface area contributed by atoms with E-state index in [2.05, 4.69) is 77.5 Å². The molecule has 0 heterocycles. The average molecular weight is 384 g/mol. The summed E-state index contributed by atoms with van der Waals surface area (Å²) in [6.07, 6.45) is 1.94. The Hall–Kier alpha value is -2.00. The Kier molecular flexibility index (Phi) is 5.87. The Morgan fingerprint density at radius 3 is 1.35 bits per heavy atom. The highest BCUT2D eigenvalue weighted by molar-refractivity contribution is 7.95. The van der Waals surface area contributed by atoms with Crippen LogP contribution in [0.15, 0.2) is 91.0 Å². The van der Waals surface area contributed by atoms with Crippen molar-refractivity contribution >= 4 is 33.2 Å². The van der Waals surface area contributed by atoms with Crippen LogP contribution in [0, 0.1) is 0 Å². The first-order valence-corrected chi connectivity index (χ1v) is 12.4. The van der Waals surface area contributed by atoms with Crippen molar-refractivity contribution in [3.63, 3.8) is 0 Å². The highest BCUT2D eigenvalue weighted by atomic mass is 32.2. The van der Waals surface area contributed by atoms with Crippen molar-refractivity contribution in [1.82, 2.24) is 4.72 Å². The summed E-state index contributed by atoms with van der Waals surface area (Å²) in [4.78, 5) is 0. The molecule has 0 saturated heterocycles. The number of rotatable bonds is 7. The average Bonchev–Trinajstić information content (AvgIpc) is 2.67. The highest BCUT2D eigenvalue weighted by Crippen LogP contribution is 2.54. The fourth-order valence-electron chi connectivity index (χ4n) is 3.28. The second-order valence-electron chi connectivity index (χ2n) is 6.21. The zero-order valence-electron chi connectivity index (χ0n) is 14.7. The SMILES string of the molecule is CS(=O)(=O)NCC[P+](c1ccccc1)(c1ccccc1)c1ccccc1. The Balaban J connectivity index is 2.18. The van der Waals surface area contributed by atoms with E-state index in [1.54, 1.807) is 0 Å². The van der Waals surface area contributed by atoms with E-state index in [1.807, 2.05) is 18.2 Å². The van der Waals surface area contributed by atoms with E-state index >= 15 is 0 Å². The summed E-state index contributed by atoms with van der Waals surface area (Å²) in [6, 6.07) is 31.3. The zero-order chi connectivity index (χ0) is 18.5. The number of nitrogens with one attached hydrogen (secondary N) is 1. The van der Waals surface area contributed by atoms with E-state index < -0.39 is 17.3 Å². The molecule has 5 heteroatoms. The lowest BCUT2D eigenvalue weighted by Gasteiger charge is -2.27. The lowest BCUT2D eigenvalue weighted by atomic mass is 10.4. The molecule has 0 aromatic heterocycles. The Labute approximate surface area is 156 Å². The van der Waals surface area contributed by atoms with Crippen molar-refractivity contribution in [2.24, 2.45) is 0 Å². The van der Waals surface area contributed by atoms with E-state index in [4.69, 9.17) is 0 Å². The first-order valence-electron chi connectivity index (χ1n) is 8.52. The van der Waals surface area contributed by atoms with Gasteiger partial charge in [-0.05, 0) is 36.4 Å². The monoisotopic (exact) mass is 384 g/mol. The van der Waals surface area contributed by atoms with Crippen LogP contribution in [0.25, 0.3) is 0 Å². The number of benzene rings is 3. The Morgan fingerprint density at radius 2 is 1.04 bits per heavy atom. The minimum Gasteiger partial charge on any atom is -0.213 e. The third kappa shape index (κ3) is 4.21. The second kappa shape index (κ2) is 8.13. The van der Waals surface area contributed by atoms with E-state index in [1.165, 1.54) is 22.2 Å². The van der Waals surface area contributed by atoms with E-state index in [9.17, 15) is 8.42 Å². The second-order valence-corrected chi connectivity index (χ2v) is 11.7. The maximum atomic E-state index is 11.6. The van der Waals surface area contributed by atoms with Gasteiger partial charge in [-0.15, -0.1) is 0 Å². The standard InChI is InChI=1S/C21H23NO2PS/c1-26(23,24)22-17-18-25(19-11-5-2-6-12-19,20-13-7-3-8-14-20)21-15-9-4-10-16-21/h2-16,22H,17-18H2,1H3/q+1. The molecule has 134 valence electrons. The molecule has 0 saturated carbocycles. The molecule has 0 aliphatic carbocycles. The molecule has 3 aromatic rings. The lowest BCUT2D eigenvalue weighted by Crippen LogP contribution is -2.37. The van der Waals surface area contributed by atoms with Gasteiger partial charge in [0.25, 0.3) is 0 Å². The molecule has 1 N–H and O–H groups in total. The molecule has 26 heavy (non-hydrogen) atoms. The molecule has 3 aromatic carbocycles. The van der Waals surface area contributed by atoms with Crippen LogP contribution in [0.5, 0.6) is 0 Å². The molecule has 0 radical (unpaired) electrons. The third-order valence-electron chi connectivity index (χ3n) is 4.40. The van der Waals surface area contributed by atoms with E-state index in [0.717, 1.165) is 6.16 Å². The predicted molar refractivity (Wildman–Crippen MR) is 113 cm³/mol. The summed E-state index contributed by atoms with van der Waals surface area (Å²) in [6.45, 7) is 0.408. The number of hydrogen-bond acceptors (Lipinski definition) is 2. The van der Waals surface area contributed by atoms with Crippen LogP contribution in [0.1, 0.15) is 0 Å². The van der Waals surface area contributed by atoms with Crippen molar-refractivity contribution in [3.8, 4) is 0 Å². The van der Waals surface area contributed by atoms with Gasteiger partial charge in [-0.2, -0.15) is 0 Å². The van der Waals surface area contributed by atoms with Crippen LogP contribution in [0.4, 0.5) is 0 Å². The van der Waals surface area contributed by atoms with Gasteiger partial charge in [0.1, 0.15) is 23.2 Å². The van der Waals surface area contributed by atoms with Gasteiger partial charge in [0.2, 0.25) is 10.0 Å². The molecule has 3 rings (SSSR count). The number of sulfonamides is 1. The largest absolute Gasteiger partial charge is 0.213 e. The van der Waals surface area contributed by atoms with Crippen molar-refractivity contribution in [1.29, 1.82) is 0 Å². The summed E-state index contributed by atoms with van der Waals surface area (Å²) in [5, 5.41) is 3.77. The van der Waals surface area contributed by atoms with Gasteiger partial charge in [-0.25, -0.2) is 13.1 Å². The minimum absolute atomic E-state index is 0.408. The van der Waals surface area contributed by atoms with Gasteiger partial charge in [-0.3, -0.25) is 0 Å². The van der Waals surface area contributed by atoms with Gasteiger partial charge in [0.15, 0.2) is 0 Å². The van der Waals surface area contributed by atoms with Gasteiger partial charge >= 0.3 is 0 Å². The normalized spacial score (nSPS) is 12.0. The molecule has 0 atom stereocenters. The molecule has 3 nitrogen and oxygen atoms in total. The summed E-state index contributed by atoms with van der Waals surface area (Å²) in [5.41, 5.74) is 0. The highest BCUT2D eigenvalue weighted by Gasteiger charge is 2.44. The predicted octanol–water partition coefficient (Wildman–Crippen LogP) is 2.53. The van der Waals surface area contributed by atoms with Crippen molar-refractivity contribution in [2.45, 2.75) is 0 Å². The molecule has 0 unspecified atom stereocenters. The smallest absolute Gasteiger partial charge is 0.208 e. The van der Waals surface area contributed by atoms with E-state index in [-0.39, 0.29) is 0 Å². The Morgan fingerprint density at radius 1 is 0.692 bits per heavy atom. The van der Waals surface area contributed by atoms with Crippen LogP contribution < -0.4 is 20.6 Å². The van der Waals surface area contributed by atoms with Gasteiger partial charge in [0.05, 0.1) is 12.4 Å². The maximum absolute atomic E-state index is 11.6. The molecular weight excluding hydrogens is 361 g/mol. The quantitative estimate of drug-likeness (QED) is 0.637. The van der Waals surface area contributed by atoms with Crippen molar-refractivity contribution < 1.29 is 8.42 Å². The molecule has 0 spiro atoms. The molecule has 0 aliphatic rings. The fourth-order valence-corrected chi connectivity index (χ4v) is 8.06. The van der Waals surface area contributed by atoms with Crippen LogP contribution in [-0.2, 0) is 10.0 Å². The number of hydrogen-bond donors (Lipinski definition) is 1. The minimum atomic E-state index is -3.23. The van der Waals surface area contributed by atoms with Gasteiger partial charge < -0.3 is 0 Å². The third-order valence-corrected chi connectivity index (χ3v) is 9.56. The molecule has 0 amide bonds. The maximum Gasteiger partial charge on any atom is 0.208 e. The first kappa shape index (κ1) is 18.8. The summed E-state index contributed by atoms with van der Waals surface area (Å²) >= 11 is 0. The van der Waals surface area contributed by atoms with Crippen LogP contribution in [0.2, 0.25) is 0 Å². The topological polar surface area (TPSA) is 46.2 Å². The van der Waals surface area contributed by atoms with Gasteiger partial charge in [0, 0.05) is 6.54 Å². The van der Waals surface area contributed by atoms with Crippen LogP contribution >= 0.6 is 7.26 Å². The fraction of sp³-hybridized carbons (Fsp3) is 0.143. The summed E-state index contributed by atoms with van der Waals surface area (Å²) < 4.78 is 25.9. The van der Waals surface area contributed by atoms with Crippen LogP contribution in [-0.4, -0.2) is 27.4 Å². The zero-order valence-corrected chi connectivity index (χ0v) is 16.5. The Bertz CT molecular complexity index is 833. The lowest BCUT2D eigenvalue weighted by molar-refractivity contribution is 0.590.